The van der Waals surface area contributed by atoms with Gasteiger partial charge in [0.15, 0.2) is 0 Å². The Bertz CT molecular complexity index is 347. The maximum atomic E-state index is 11.1. The van der Waals surface area contributed by atoms with Crippen LogP contribution in [0, 0.1) is 0 Å². The molecule has 1 N–H and O–H groups in total. The van der Waals surface area contributed by atoms with E-state index in [2.05, 4.69) is 27.4 Å². The maximum absolute atomic E-state index is 11.1. The fraction of sp³-hybridized carbons (Fsp3) is 0.875. The third-order valence-corrected chi connectivity index (χ3v) is 5.50. The summed E-state index contributed by atoms with van der Waals surface area (Å²) in [4.78, 5) is 12.6. The first-order valence-corrected chi connectivity index (χ1v) is 11.8. The minimum Gasteiger partial charge on any atom is -1.00 e. The van der Waals surface area contributed by atoms with Gasteiger partial charge in [0.2, 0.25) is 0 Å². The van der Waals surface area contributed by atoms with E-state index in [1.54, 1.807) is 0 Å². The second kappa shape index (κ2) is 22.9. The number of ether oxygens (including phenoxy) is 1. The highest BCUT2D eigenvalue weighted by molar-refractivity contribution is 5.81. The van der Waals surface area contributed by atoms with Gasteiger partial charge in [0.05, 0.1) is 12.6 Å². The Morgan fingerprint density at radius 3 is 1.64 bits per heavy atom. The Morgan fingerprint density at radius 2 is 1.25 bits per heavy atom. The number of nitrogens with one attached hydrogen (secondary N) is 1. The molecule has 0 aromatic rings. The van der Waals surface area contributed by atoms with Crippen molar-refractivity contribution < 1.29 is 31.4 Å². The van der Waals surface area contributed by atoms with Crippen molar-refractivity contribution in [3.63, 3.8) is 0 Å². The molecule has 28 heavy (non-hydrogen) atoms. The molecule has 0 saturated heterocycles. The summed E-state index contributed by atoms with van der Waals surface area (Å²) in [5.74, 6) is -0.311. The highest BCUT2D eigenvalue weighted by Crippen LogP contribution is 2.12. The maximum Gasteiger partial charge on any atom is 0.330 e. The number of rotatable bonds is 20. The van der Waals surface area contributed by atoms with Crippen LogP contribution in [0.3, 0.4) is 0 Å². The molecule has 168 valence electrons. The Balaban J connectivity index is 0. The number of unbranched alkanes of at least 4 members (excludes halogenated alkanes) is 13. The van der Waals surface area contributed by atoms with Gasteiger partial charge in [-0.15, -0.1) is 0 Å². The fourth-order valence-electron chi connectivity index (χ4n) is 3.59. The van der Waals surface area contributed by atoms with E-state index in [4.69, 9.17) is 4.74 Å². The van der Waals surface area contributed by atoms with E-state index in [1.807, 2.05) is 0 Å². The van der Waals surface area contributed by atoms with Gasteiger partial charge in [-0.05, 0) is 26.7 Å². The van der Waals surface area contributed by atoms with Crippen LogP contribution in [0.5, 0.6) is 0 Å². The van der Waals surface area contributed by atoms with Crippen LogP contribution in [0.2, 0.25) is 0 Å². The number of esters is 1. The van der Waals surface area contributed by atoms with Crippen molar-refractivity contribution in [2.75, 3.05) is 19.7 Å². The molecule has 0 spiro atoms. The molecule has 0 rings (SSSR count). The summed E-state index contributed by atoms with van der Waals surface area (Å²) >= 11 is 0. The van der Waals surface area contributed by atoms with Gasteiger partial charge in [-0.25, -0.2) is 4.79 Å². The molecule has 3 nitrogen and oxygen atoms in total. The molecule has 0 aromatic heterocycles. The van der Waals surface area contributed by atoms with Crippen LogP contribution in [0.25, 0.3) is 0 Å². The second-order valence-corrected chi connectivity index (χ2v) is 8.28. The van der Waals surface area contributed by atoms with Crippen molar-refractivity contribution in [2.24, 2.45) is 0 Å². The van der Waals surface area contributed by atoms with E-state index in [-0.39, 0.29) is 23.0 Å². The number of hydrogen-bond acceptors (Lipinski definition) is 2. The molecular weight excluding hydrogens is 414 g/mol. The normalized spacial score (nSPS) is 11.9. The van der Waals surface area contributed by atoms with Gasteiger partial charge in [-0.2, -0.15) is 0 Å². The van der Waals surface area contributed by atoms with E-state index in [0.29, 0.717) is 12.6 Å². The molecule has 0 aromatic carbocycles. The van der Waals surface area contributed by atoms with Gasteiger partial charge >= 0.3 is 5.97 Å². The highest BCUT2D eigenvalue weighted by Gasteiger charge is 2.13. The summed E-state index contributed by atoms with van der Waals surface area (Å²) in [6.07, 6.45) is 20.9. The third kappa shape index (κ3) is 20.4. The van der Waals surface area contributed by atoms with E-state index in [9.17, 15) is 4.79 Å². The van der Waals surface area contributed by atoms with Crippen molar-refractivity contribution in [1.82, 2.24) is 0 Å². The second-order valence-electron chi connectivity index (χ2n) is 8.28. The number of halogens is 1. The summed E-state index contributed by atoms with van der Waals surface area (Å²) in [7, 11) is 0. The summed E-state index contributed by atoms with van der Waals surface area (Å²) in [6.45, 7) is 12.8. The van der Waals surface area contributed by atoms with Gasteiger partial charge in [-0.3, -0.25) is 0 Å². The number of carbonyl (C=O) groups excluding carboxylic acids is 1. The lowest BCUT2D eigenvalue weighted by Crippen LogP contribution is -3.15. The molecule has 0 aliphatic rings. The van der Waals surface area contributed by atoms with Gasteiger partial charge < -0.3 is 26.6 Å². The molecule has 0 amide bonds. The van der Waals surface area contributed by atoms with Crippen molar-refractivity contribution >= 4 is 5.97 Å². The Hall–Kier alpha value is -0.350. The zero-order valence-electron chi connectivity index (χ0n) is 19.1. The molecular formula is C24H48BrNO2. The van der Waals surface area contributed by atoms with Crippen LogP contribution >= 0.6 is 0 Å². The predicted molar refractivity (Wildman–Crippen MR) is 117 cm³/mol. The van der Waals surface area contributed by atoms with Crippen LogP contribution in [0.4, 0.5) is 0 Å². The van der Waals surface area contributed by atoms with E-state index in [0.717, 1.165) is 6.54 Å². The molecule has 0 radical (unpaired) electrons. The molecule has 4 heteroatoms. The Labute approximate surface area is 186 Å². The number of carbonyl (C=O) groups is 1. The summed E-state index contributed by atoms with van der Waals surface area (Å²) in [5.41, 5.74) is 0. The van der Waals surface area contributed by atoms with E-state index in [1.165, 1.54) is 107 Å². The molecule has 0 heterocycles. The molecule has 0 bridgehead atoms. The predicted octanol–water partition coefficient (Wildman–Crippen LogP) is 2.49. The van der Waals surface area contributed by atoms with E-state index >= 15 is 0 Å². The number of quaternary nitrogens is 1. The molecule has 0 fully saturated rings. The average Bonchev–Trinajstić information content (AvgIpc) is 2.66. The van der Waals surface area contributed by atoms with Crippen LogP contribution < -0.4 is 21.9 Å². The van der Waals surface area contributed by atoms with Crippen LogP contribution in [0.15, 0.2) is 12.7 Å². The molecule has 0 saturated carbocycles. The first kappa shape index (κ1) is 29.8. The minimum absolute atomic E-state index is 0. The molecule has 0 aliphatic carbocycles. The average molecular weight is 463 g/mol. The highest BCUT2D eigenvalue weighted by atomic mass is 79.9. The quantitative estimate of drug-likeness (QED) is 0.171. The summed E-state index contributed by atoms with van der Waals surface area (Å²) < 4.78 is 5.12. The smallest absolute Gasteiger partial charge is 0.330 e. The van der Waals surface area contributed by atoms with Crippen molar-refractivity contribution in [2.45, 2.75) is 117 Å². The number of hydrogen-bond donors (Lipinski definition) is 1. The van der Waals surface area contributed by atoms with Crippen LogP contribution in [-0.2, 0) is 9.53 Å². The zero-order valence-corrected chi connectivity index (χ0v) is 20.7. The van der Waals surface area contributed by atoms with Crippen LogP contribution in [-0.4, -0.2) is 31.7 Å². The lowest BCUT2D eigenvalue weighted by atomic mass is 10.0. The fourth-order valence-corrected chi connectivity index (χ4v) is 3.59. The standard InChI is InChI=1S/C24H47NO2.BrH/c1-5-7-8-9-10-11-12-13-14-15-16-17-18-19-20-25(23(3)4)21-22-27-24(26)6-2;/h6,23H,2,5,7-22H2,1,3-4H3;1H. The topological polar surface area (TPSA) is 30.7 Å². The van der Waals surface area contributed by atoms with Crippen molar-refractivity contribution in [3.8, 4) is 0 Å². The lowest BCUT2D eigenvalue weighted by Gasteiger charge is -2.23. The SMILES string of the molecule is C=CC(=O)OCC[NH+](CCCCCCCCCCCCCCCC)C(C)C.[Br-]. The summed E-state index contributed by atoms with van der Waals surface area (Å²) in [6, 6.07) is 0.578. The third-order valence-electron chi connectivity index (χ3n) is 5.50. The van der Waals surface area contributed by atoms with Gasteiger partial charge in [0, 0.05) is 6.08 Å². The first-order chi connectivity index (χ1) is 13.1. The largest absolute Gasteiger partial charge is 1.00 e. The Morgan fingerprint density at radius 1 is 0.821 bits per heavy atom. The Kier molecular flexibility index (Phi) is 24.4. The summed E-state index contributed by atoms with van der Waals surface area (Å²) in [5, 5.41) is 0. The van der Waals surface area contributed by atoms with Gasteiger partial charge in [0.25, 0.3) is 0 Å². The van der Waals surface area contributed by atoms with Crippen molar-refractivity contribution in [3.05, 3.63) is 12.7 Å². The molecule has 1 unspecified atom stereocenters. The monoisotopic (exact) mass is 461 g/mol. The van der Waals surface area contributed by atoms with Gasteiger partial charge in [-0.1, -0.05) is 90.6 Å². The van der Waals surface area contributed by atoms with Crippen molar-refractivity contribution in [1.29, 1.82) is 0 Å². The van der Waals surface area contributed by atoms with Crippen LogP contribution in [0.1, 0.15) is 111 Å². The molecule has 0 aliphatic heterocycles. The van der Waals surface area contributed by atoms with E-state index < -0.39 is 0 Å². The zero-order chi connectivity index (χ0) is 20.2. The van der Waals surface area contributed by atoms with Gasteiger partial charge in [0.1, 0.15) is 13.2 Å². The lowest BCUT2D eigenvalue weighted by molar-refractivity contribution is -0.921. The molecule has 1 atom stereocenters. The minimum atomic E-state index is -0.311. The first-order valence-electron chi connectivity index (χ1n) is 11.8.